The summed E-state index contributed by atoms with van der Waals surface area (Å²) in [4.78, 5) is 37.8. The van der Waals surface area contributed by atoms with E-state index in [1.807, 2.05) is 5.32 Å². The highest BCUT2D eigenvalue weighted by molar-refractivity contribution is 6.05. The maximum atomic E-state index is 13.0. The summed E-state index contributed by atoms with van der Waals surface area (Å²) in [6.07, 6.45) is -9.10. The number of benzene rings is 1. The molecule has 0 atom stereocenters. The molecule has 0 bridgehead atoms. The van der Waals surface area contributed by atoms with Crippen LogP contribution in [0.4, 0.5) is 32.0 Å². The number of nitrogens with one attached hydrogen (secondary N) is 1. The highest BCUT2D eigenvalue weighted by atomic mass is 19.4. The zero-order valence-corrected chi connectivity index (χ0v) is 15.8. The van der Waals surface area contributed by atoms with Crippen LogP contribution in [0.5, 0.6) is 0 Å². The number of hydrogen-bond donors (Lipinski definition) is 1. The van der Waals surface area contributed by atoms with Gasteiger partial charge in [0.2, 0.25) is 0 Å². The average Bonchev–Trinajstić information content (AvgIpc) is 2.62. The van der Waals surface area contributed by atoms with E-state index in [1.54, 1.807) is 0 Å². The molecule has 6 nitrogen and oxygen atoms in total. The smallest absolute Gasteiger partial charge is 0.345 e. The van der Waals surface area contributed by atoms with Crippen molar-refractivity contribution in [3.63, 3.8) is 0 Å². The number of carbonyl (C=O) groups is 2. The Labute approximate surface area is 165 Å². The van der Waals surface area contributed by atoms with E-state index in [1.165, 1.54) is 32.2 Å². The van der Waals surface area contributed by atoms with Gasteiger partial charge in [-0.15, -0.1) is 0 Å². The molecule has 0 saturated carbocycles. The van der Waals surface area contributed by atoms with Crippen molar-refractivity contribution in [2.75, 3.05) is 19.4 Å². The Hall–Kier alpha value is -3.31. The number of carbonyl (C=O) groups excluding carboxylic acids is 2. The predicted molar refractivity (Wildman–Crippen MR) is 94.1 cm³/mol. The van der Waals surface area contributed by atoms with Crippen molar-refractivity contribution in [3.8, 4) is 0 Å². The van der Waals surface area contributed by atoms with Gasteiger partial charge in [-0.05, 0) is 24.3 Å². The average molecular weight is 435 g/mol. The van der Waals surface area contributed by atoms with E-state index in [9.17, 15) is 40.7 Å². The molecule has 0 radical (unpaired) electrons. The molecule has 0 aliphatic carbocycles. The fourth-order valence-electron chi connectivity index (χ4n) is 2.46. The fraction of sp³-hybridized carbons (Fsp3) is 0.278. The van der Waals surface area contributed by atoms with Crippen molar-refractivity contribution in [1.29, 1.82) is 0 Å². The molecule has 30 heavy (non-hydrogen) atoms. The third-order valence-electron chi connectivity index (χ3n) is 3.93. The normalized spacial score (nSPS) is 11.9. The number of aromatic nitrogens is 1. The van der Waals surface area contributed by atoms with Gasteiger partial charge in [-0.25, -0.2) is 0 Å². The second-order valence-corrected chi connectivity index (χ2v) is 6.51. The van der Waals surface area contributed by atoms with Crippen LogP contribution in [0.3, 0.4) is 0 Å². The Morgan fingerprint density at radius 1 is 0.900 bits per heavy atom. The molecule has 1 heterocycles. The van der Waals surface area contributed by atoms with Crippen LogP contribution in [0, 0.1) is 0 Å². The third kappa shape index (κ3) is 4.99. The van der Waals surface area contributed by atoms with Crippen LogP contribution in [0.25, 0.3) is 0 Å². The summed E-state index contributed by atoms with van der Waals surface area (Å²) < 4.78 is 78.7. The minimum Gasteiger partial charge on any atom is -0.345 e. The van der Waals surface area contributed by atoms with E-state index < -0.39 is 52.1 Å². The van der Waals surface area contributed by atoms with Gasteiger partial charge in [-0.3, -0.25) is 14.4 Å². The summed E-state index contributed by atoms with van der Waals surface area (Å²) in [5.74, 6) is -1.92. The molecular formula is C18H15F6N3O3. The van der Waals surface area contributed by atoms with Crippen LogP contribution >= 0.6 is 0 Å². The summed E-state index contributed by atoms with van der Waals surface area (Å²) in [7, 11) is 4.11. The molecule has 1 N–H and O–H groups in total. The van der Waals surface area contributed by atoms with Gasteiger partial charge in [0, 0.05) is 32.9 Å². The largest absolute Gasteiger partial charge is 0.416 e. The topological polar surface area (TPSA) is 71.4 Å². The Bertz CT molecular complexity index is 1020. The first-order valence-corrected chi connectivity index (χ1v) is 8.14. The van der Waals surface area contributed by atoms with Gasteiger partial charge >= 0.3 is 12.4 Å². The molecule has 0 aliphatic heterocycles. The van der Waals surface area contributed by atoms with E-state index >= 15 is 0 Å². The molecule has 0 saturated heterocycles. The predicted octanol–water partition coefficient (Wildman–Crippen LogP) is 3.38. The SMILES string of the molecule is CN(C)C(=O)c1cc(NC(=O)c2cc(C(F)(F)F)cc(C(F)(F)F)c2)c(=O)n(C)c1. The van der Waals surface area contributed by atoms with Crippen LogP contribution in [0.2, 0.25) is 0 Å². The molecule has 0 aliphatic rings. The van der Waals surface area contributed by atoms with Gasteiger partial charge < -0.3 is 14.8 Å². The Kier molecular flexibility index (Phi) is 6.00. The quantitative estimate of drug-likeness (QED) is 0.752. The number of hydrogen-bond acceptors (Lipinski definition) is 3. The number of nitrogens with zero attached hydrogens (tertiary/aromatic N) is 2. The van der Waals surface area contributed by atoms with E-state index in [0.29, 0.717) is 0 Å². The van der Waals surface area contributed by atoms with Gasteiger partial charge in [0.05, 0.1) is 16.7 Å². The van der Waals surface area contributed by atoms with Gasteiger partial charge in [0.25, 0.3) is 17.4 Å². The molecule has 2 amide bonds. The van der Waals surface area contributed by atoms with Gasteiger partial charge in [-0.2, -0.15) is 26.3 Å². The summed E-state index contributed by atoms with van der Waals surface area (Å²) in [6, 6.07) is 1.35. The van der Waals surface area contributed by atoms with Gasteiger partial charge in [0.1, 0.15) is 5.69 Å². The number of rotatable bonds is 3. The van der Waals surface area contributed by atoms with Crippen LogP contribution in [0.15, 0.2) is 35.3 Å². The summed E-state index contributed by atoms with van der Waals surface area (Å²) in [5, 5.41) is 1.98. The maximum absolute atomic E-state index is 13.0. The fourth-order valence-corrected chi connectivity index (χ4v) is 2.46. The number of aryl methyl sites for hydroxylation is 1. The van der Waals surface area contributed by atoms with E-state index in [2.05, 4.69) is 0 Å². The second kappa shape index (κ2) is 7.84. The molecule has 12 heteroatoms. The second-order valence-electron chi connectivity index (χ2n) is 6.51. The van der Waals surface area contributed by atoms with E-state index in [4.69, 9.17) is 0 Å². The van der Waals surface area contributed by atoms with Crippen LogP contribution in [-0.2, 0) is 19.4 Å². The molecule has 0 spiro atoms. The number of anilines is 1. The summed E-state index contributed by atoms with van der Waals surface area (Å²) in [6.45, 7) is 0. The van der Waals surface area contributed by atoms with Crippen LogP contribution < -0.4 is 10.9 Å². The lowest BCUT2D eigenvalue weighted by molar-refractivity contribution is -0.143. The summed E-state index contributed by atoms with van der Waals surface area (Å²) in [5.41, 5.74) is -5.64. The Balaban J connectivity index is 2.53. The molecular weight excluding hydrogens is 420 g/mol. The van der Waals surface area contributed by atoms with Crippen molar-refractivity contribution in [1.82, 2.24) is 9.47 Å². The molecule has 2 rings (SSSR count). The minimum atomic E-state index is -5.13. The van der Waals surface area contributed by atoms with Crippen molar-refractivity contribution in [2.45, 2.75) is 12.4 Å². The zero-order valence-electron chi connectivity index (χ0n) is 15.8. The highest BCUT2D eigenvalue weighted by Crippen LogP contribution is 2.36. The van der Waals surface area contributed by atoms with Crippen molar-refractivity contribution >= 4 is 17.5 Å². The Morgan fingerprint density at radius 3 is 1.83 bits per heavy atom. The maximum Gasteiger partial charge on any atom is 0.416 e. The lowest BCUT2D eigenvalue weighted by Gasteiger charge is -2.15. The third-order valence-corrected chi connectivity index (χ3v) is 3.93. The number of halogens is 6. The monoisotopic (exact) mass is 435 g/mol. The highest BCUT2D eigenvalue weighted by Gasteiger charge is 2.37. The lowest BCUT2D eigenvalue weighted by atomic mass is 10.0. The van der Waals surface area contributed by atoms with Crippen molar-refractivity contribution < 1.29 is 35.9 Å². The first kappa shape index (κ1) is 23.0. The number of alkyl halides is 6. The molecule has 0 fully saturated rings. The van der Waals surface area contributed by atoms with Gasteiger partial charge in [0.15, 0.2) is 0 Å². The van der Waals surface area contributed by atoms with E-state index in [-0.39, 0.29) is 23.8 Å². The molecule has 1 aromatic carbocycles. The van der Waals surface area contributed by atoms with Crippen LogP contribution in [-0.4, -0.2) is 35.4 Å². The molecule has 1 aromatic heterocycles. The first-order chi connectivity index (χ1) is 13.6. The number of amides is 2. The first-order valence-electron chi connectivity index (χ1n) is 8.14. The number of pyridine rings is 1. The van der Waals surface area contributed by atoms with Crippen molar-refractivity contribution in [2.24, 2.45) is 7.05 Å². The minimum absolute atomic E-state index is 0.0302. The van der Waals surface area contributed by atoms with Crippen LogP contribution in [0.1, 0.15) is 31.8 Å². The molecule has 2 aromatic rings. The standard InChI is InChI=1S/C18H15F6N3O3/c1-26(2)15(29)10-6-13(16(30)27(3)8-10)25-14(28)9-4-11(17(19,20)21)7-12(5-9)18(22,23)24/h4-8H,1-3H3,(H,25,28). The Morgan fingerprint density at radius 2 is 1.40 bits per heavy atom. The van der Waals surface area contributed by atoms with E-state index in [0.717, 1.165) is 10.6 Å². The van der Waals surface area contributed by atoms with Crippen molar-refractivity contribution in [3.05, 3.63) is 63.1 Å². The molecule has 0 unspecified atom stereocenters. The zero-order chi connectivity index (χ0) is 23.0. The van der Waals surface area contributed by atoms with Gasteiger partial charge in [-0.1, -0.05) is 0 Å². The lowest BCUT2D eigenvalue weighted by Crippen LogP contribution is -2.28. The summed E-state index contributed by atoms with van der Waals surface area (Å²) >= 11 is 0. The molecule has 162 valence electrons.